The number of carbonyl (C=O) groups excluding carboxylic acids is 2. The molecule has 0 aliphatic rings. The van der Waals surface area contributed by atoms with Crippen molar-refractivity contribution in [3.63, 3.8) is 0 Å². The van der Waals surface area contributed by atoms with Gasteiger partial charge in [-0.3, -0.25) is 9.59 Å². The van der Waals surface area contributed by atoms with E-state index in [0.717, 1.165) is 11.4 Å². The lowest BCUT2D eigenvalue weighted by atomic mass is 10.3. The molecule has 0 aliphatic heterocycles. The van der Waals surface area contributed by atoms with E-state index in [9.17, 15) is 9.59 Å². The van der Waals surface area contributed by atoms with Gasteiger partial charge in [0.05, 0.1) is 20.6 Å². The Morgan fingerprint density at radius 2 is 1.71 bits per heavy atom. The lowest BCUT2D eigenvalue weighted by Gasteiger charge is -2.21. The van der Waals surface area contributed by atoms with Crippen molar-refractivity contribution in [2.45, 2.75) is 11.7 Å². The third-order valence-corrected chi connectivity index (χ3v) is 7.62. The average Bonchev–Trinajstić information content (AvgIpc) is 2.36. The summed E-state index contributed by atoms with van der Waals surface area (Å²) in [7, 11) is 5.26. The van der Waals surface area contributed by atoms with E-state index in [-0.39, 0.29) is 6.42 Å². The molecule has 100 valence electrons. The van der Waals surface area contributed by atoms with Gasteiger partial charge in [-0.2, -0.15) is 0 Å². The van der Waals surface area contributed by atoms with E-state index in [1.54, 1.807) is 0 Å². The van der Waals surface area contributed by atoms with E-state index < -0.39 is 22.9 Å². The Morgan fingerprint density at radius 1 is 1.18 bits per heavy atom. The maximum absolute atomic E-state index is 11.5. The van der Waals surface area contributed by atoms with Gasteiger partial charge < -0.3 is 18.5 Å². The summed E-state index contributed by atoms with van der Waals surface area (Å²) in [6.07, 6.45) is -0.140. The fourth-order valence-electron chi connectivity index (χ4n) is 0.846. The van der Waals surface area contributed by atoms with Gasteiger partial charge in [0.2, 0.25) is 5.69 Å². The van der Waals surface area contributed by atoms with Crippen LogP contribution in [0.2, 0.25) is 0 Å². The highest BCUT2D eigenvalue weighted by molar-refractivity contribution is 8.68. The molecule has 0 heterocycles. The topological polar surface area (TPSA) is 71.1 Å². The van der Waals surface area contributed by atoms with Crippen LogP contribution in [-0.4, -0.2) is 45.6 Å². The first-order valence-electron chi connectivity index (χ1n) is 4.47. The van der Waals surface area contributed by atoms with Gasteiger partial charge in [0.25, 0.3) is 0 Å². The van der Waals surface area contributed by atoms with Gasteiger partial charge in [0.1, 0.15) is 5.25 Å². The SMILES string of the molecule is COC(=O)CC(SP(=S)(OC)OC)C(=O)OC. The molecule has 6 nitrogen and oxygen atoms in total. The first-order valence-corrected chi connectivity index (χ1v) is 8.59. The first kappa shape index (κ1) is 16.9. The van der Waals surface area contributed by atoms with Crippen LogP contribution in [0, 0.1) is 0 Å². The highest BCUT2D eigenvalue weighted by Crippen LogP contribution is 2.62. The van der Waals surface area contributed by atoms with E-state index in [1.165, 1.54) is 28.4 Å². The zero-order chi connectivity index (χ0) is 13.5. The summed E-state index contributed by atoms with van der Waals surface area (Å²) in [5, 5.41) is -0.793. The van der Waals surface area contributed by atoms with Crippen molar-refractivity contribution < 1.29 is 28.1 Å². The fourth-order valence-corrected chi connectivity index (χ4v) is 4.74. The molecule has 0 saturated carbocycles. The molecular weight excluding hydrogens is 287 g/mol. The summed E-state index contributed by atoms with van der Waals surface area (Å²) in [4.78, 5) is 22.6. The summed E-state index contributed by atoms with van der Waals surface area (Å²) >= 11 is 6.08. The van der Waals surface area contributed by atoms with Gasteiger partial charge in [-0.15, -0.1) is 0 Å². The quantitative estimate of drug-likeness (QED) is 0.515. The molecule has 0 aromatic carbocycles. The van der Waals surface area contributed by atoms with Crippen molar-refractivity contribution in [1.82, 2.24) is 0 Å². The van der Waals surface area contributed by atoms with E-state index in [4.69, 9.17) is 20.9 Å². The third kappa shape index (κ3) is 5.83. The molecule has 0 aromatic heterocycles. The largest absolute Gasteiger partial charge is 0.469 e. The van der Waals surface area contributed by atoms with Crippen LogP contribution in [0.1, 0.15) is 6.42 Å². The van der Waals surface area contributed by atoms with Crippen LogP contribution in [-0.2, 0) is 39.9 Å². The molecule has 0 radical (unpaired) electrons. The van der Waals surface area contributed by atoms with Crippen LogP contribution < -0.4 is 0 Å². The Kier molecular flexibility index (Phi) is 7.98. The minimum Gasteiger partial charge on any atom is -0.469 e. The zero-order valence-corrected chi connectivity index (χ0v) is 12.5. The van der Waals surface area contributed by atoms with Crippen LogP contribution in [0.15, 0.2) is 0 Å². The Hall–Kier alpha value is -0.140. The molecule has 0 fully saturated rings. The van der Waals surface area contributed by atoms with E-state index in [0.29, 0.717) is 0 Å². The number of hydrogen-bond acceptors (Lipinski definition) is 8. The smallest absolute Gasteiger partial charge is 0.319 e. The maximum Gasteiger partial charge on any atom is 0.319 e. The molecule has 0 aliphatic carbocycles. The molecule has 0 amide bonds. The van der Waals surface area contributed by atoms with Crippen molar-refractivity contribution in [2.24, 2.45) is 0 Å². The summed E-state index contributed by atoms with van der Waals surface area (Å²) in [5.41, 5.74) is -2.63. The van der Waals surface area contributed by atoms with E-state index in [2.05, 4.69) is 9.47 Å². The van der Waals surface area contributed by atoms with E-state index in [1.807, 2.05) is 0 Å². The van der Waals surface area contributed by atoms with Crippen molar-refractivity contribution >= 4 is 40.8 Å². The Balaban J connectivity index is 4.76. The lowest BCUT2D eigenvalue weighted by molar-refractivity contribution is -0.146. The normalized spacial score (nSPS) is 12.9. The third-order valence-electron chi connectivity index (χ3n) is 1.75. The summed E-state index contributed by atoms with van der Waals surface area (Å²) < 4.78 is 19.1. The van der Waals surface area contributed by atoms with E-state index >= 15 is 0 Å². The van der Waals surface area contributed by atoms with Crippen LogP contribution >= 0.6 is 17.1 Å². The molecule has 1 unspecified atom stereocenters. The van der Waals surface area contributed by atoms with Gasteiger partial charge >= 0.3 is 11.9 Å². The highest BCUT2D eigenvalue weighted by atomic mass is 32.9. The van der Waals surface area contributed by atoms with Crippen molar-refractivity contribution in [3.05, 3.63) is 0 Å². The van der Waals surface area contributed by atoms with Crippen LogP contribution in [0.25, 0.3) is 0 Å². The standard InChI is InChI=1S/C8H15O6PS2/c1-11-7(9)5-6(8(10)12-2)17-15(16,13-3)14-4/h6H,5H2,1-4H3. The predicted octanol–water partition coefficient (Wildman–Crippen LogP) is 1.34. The minimum atomic E-state index is -2.63. The molecule has 0 aromatic rings. The minimum absolute atomic E-state index is 0.140. The number of carbonyl (C=O) groups is 2. The van der Waals surface area contributed by atoms with Gasteiger partial charge in [-0.1, -0.05) is 11.4 Å². The van der Waals surface area contributed by atoms with Gasteiger partial charge in [-0.05, 0) is 11.8 Å². The Bertz CT molecular complexity index is 313. The molecule has 17 heavy (non-hydrogen) atoms. The number of esters is 2. The van der Waals surface area contributed by atoms with Crippen molar-refractivity contribution in [3.8, 4) is 0 Å². The Morgan fingerprint density at radius 3 is 2.06 bits per heavy atom. The fraction of sp³-hybridized carbons (Fsp3) is 0.750. The summed E-state index contributed by atoms with van der Waals surface area (Å²) in [6.45, 7) is 0. The number of hydrogen-bond donors (Lipinski definition) is 0. The van der Waals surface area contributed by atoms with Gasteiger partial charge in [-0.25, -0.2) is 0 Å². The van der Waals surface area contributed by atoms with Crippen LogP contribution in [0.5, 0.6) is 0 Å². The average molecular weight is 302 g/mol. The second kappa shape index (κ2) is 8.05. The van der Waals surface area contributed by atoms with Crippen LogP contribution in [0.4, 0.5) is 0 Å². The molecular formula is C8H15O6PS2. The van der Waals surface area contributed by atoms with Crippen LogP contribution in [0.3, 0.4) is 0 Å². The van der Waals surface area contributed by atoms with Gasteiger partial charge in [0, 0.05) is 14.2 Å². The molecule has 9 heteroatoms. The molecule has 0 saturated heterocycles. The summed E-state index contributed by atoms with van der Waals surface area (Å²) in [5.74, 6) is -1.09. The molecule has 0 N–H and O–H groups in total. The zero-order valence-electron chi connectivity index (χ0n) is 10.00. The molecule has 1 atom stereocenters. The molecule has 0 spiro atoms. The monoisotopic (exact) mass is 302 g/mol. The second-order valence-electron chi connectivity index (χ2n) is 2.71. The summed E-state index contributed by atoms with van der Waals surface area (Å²) in [6, 6.07) is 0. The second-order valence-corrected chi connectivity index (χ2v) is 9.32. The molecule has 0 rings (SSSR count). The Labute approximate surface area is 109 Å². The first-order chi connectivity index (χ1) is 7.92. The van der Waals surface area contributed by atoms with Gasteiger partial charge in [0.15, 0.2) is 0 Å². The maximum atomic E-state index is 11.5. The number of methoxy groups -OCH3 is 2. The predicted molar refractivity (Wildman–Crippen MR) is 68.3 cm³/mol. The molecule has 0 bridgehead atoms. The number of rotatable bonds is 7. The van der Waals surface area contributed by atoms with Crippen molar-refractivity contribution in [1.29, 1.82) is 0 Å². The lowest BCUT2D eigenvalue weighted by Crippen LogP contribution is -2.23. The van der Waals surface area contributed by atoms with Crippen molar-refractivity contribution in [2.75, 3.05) is 28.4 Å². The number of ether oxygens (including phenoxy) is 2. The highest BCUT2D eigenvalue weighted by Gasteiger charge is 2.31.